The molecule has 0 aliphatic carbocycles. The van der Waals surface area contributed by atoms with Crippen LogP contribution >= 0.6 is 11.6 Å². The molecule has 0 radical (unpaired) electrons. The Morgan fingerprint density at radius 3 is 2.50 bits per heavy atom. The Bertz CT molecular complexity index is 401. The van der Waals surface area contributed by atoms with Gasteiger partial charge in [0.15, 0.2) is 0 Å². The lowest BCUT2D eigenvalue weighted by molar-refractivity contribution is -0.230. The van der Waals surface area contributed by atoms with Crippen molar-refractivity contribution >= 4 is 11.6 Å². The fraction of sp³-hybridized carbons (Fsp3) is 0.538. The summed E-state index contributed by atoms with van der Waals surface area (Å²) in [6, 6.07) is 5.84. The highest BCUT2D eigenvalue weighted by Gasteiger charge is 2.47. The van der Waals surface area contributed by atoms with Gasteiger partial charge in [-0.05, 0) is 24.6 Å². The van der Waals surface area contributed by atoms with Crippen LogP contribution in [0, 0.1) is 5.41 Å². The molecule has 2 nitrogen and oxygen atoms in total. The minimum atomic E-state index is 0.130. The number of methoxy groups -OCH3 is 1. The van der Waals surface area contributed by atoms with E-state index in [-0.39, 0.29) is 11.5 Å². The predicted molar refractivity (Wildman–Crippen MR) is 65.1 cm³/mol. The first kappa shape index (κ1) is 11.7. The van der Waals surface area contributed by atoms with Gasteiger partial charge >= 0.3 is 0 Å². The maximum atomic E-state index is 6.10. The highest BCUT2D eigenvalue weighted by molar-refractivity contribution is 6.32. The van der Waals surface area contributed by atoms with Crippen molar-refractivity contribution in [1.29, 1.82) is 0 Å². The molecule has 1 aromatic carbocycles. The maximum Gasteiger partial charge on any atom is 0.137 e. The van der Waals surface area contributed by atoms with E-state index in [0.29, 0.717) is 16.9 Å². The third-order valence-electron chi connectivity index (χ3n) is 3.54. The molecular formula is C13H17ClO2. The lowest BCUT2D eigenvalue weighted by atomic mass is 9.73. The van der Waals surface area contributed by atoms with Crippen molar-refractivity contribution in [2.24, 2.45) is 5.41 Å². The van der Waals surface area contributed by atoms with Crippen molar-refractivity contribution in [3.05, 3.63) is 28.8 Å². The zero-order valence-corrected chi connectivity index (χ0v) is 10.8. The molecule has 16 heavy (non-hydrogen) atoms. The average Bonchev–Trinajstić information content (AvgIpc) is 2.25. The van der Waals surface area contributed by atoms with Crippen molar-refractivity contribution in [1.82, 2.24) is 0 Å². The summed E-state index contributed by atoms with van der Waals surface area (Å²) >= 11 is 6.10. The molecule has 0 spiro atoms. The first-order chi connectivity index (χ1) is 7.46. The molecule has 0 saturated carbocycles. The minimum Gasteiger partial charge on any atom is -0.495 e. The lowest BCUT2D eigenvalue weighted by Gasteiger charge is -2.50. The highest BCUT2D eigenvalue weighted by Crippen LogP contribution is 2.51. The number of benzene rings is 1. The second-order valence-electron chi connectivity index (χ2n) is 4.87. The van der Waals surface area contributed by atoms with Crippen molar-refractivity contribution in [3.63, 3.8) is 0 Å². The third kappa shape index (κ3) is 1.70. The van der Waals surface area contributed by atoms with Gasteiger partial charge in [-0.15, -0.1) is 0 Å². The molecule has 1 aliphatic heterocycles. The molecule has 1 aromatic rings. The molecule has 0 amide bonds. The van der Waals surface area contributed by atoms with Gasteiger partial charge in [-0.1, -0.05) is 31.5 Å². The van der Waals surface area contributed by atoms with E-state index in [2.05, 4.69) is 20.8 Å². The molecule has 0 bridgehead atoms. The van der Waals surface area contributed by atoms with E-state index in [1.165, 1.54) is 0 Å². The van der Waals surface area contributed by atoms with Gasteiger partial charge in [-0.2, -0.15) is 0 Å². The second-order valence-corrected chi connectivity index (χ2v) is 5.28. The van der Waals surface area contributed by atoms with E-state index in [0.717, 1.165) is 5.56 Å². The zero-order valence-electron chi connectivity index (χ0n) is 10.1. The SMILES string of the molecule is COc1ccc(C2OC(C)C2(C)C)cc1Cl. The summed E-state index contributed by atoms with van der Waals surface area (Å²) in [7, 11) is 1.62. The van der Waals surface area contributed by atoms with E-state index in [1.807, 2.05) is 18.2 Å². The van der Waals surface area contributed by atoms with Gasteiger partial charge < -0.3 is 9.47 Å². The number of rotatable bonds is 2. The molecule has 0 aromatic heterocycles. The Labute approximate surface area is 102 Å². The summed E-state index contributed by atoms with van der Waals surface area (Å²) in [5, 5.41) is 0.638. The number of hydrogen-bond acceptors (Lipinski definition) is 2. The first-order valence-electron chi connectivity index (χ1n) is 5.45. The van der Waals surface area contributed by atoms with Crippen molar-refractivity contribution in [2.45, 2.75) is 33.0 Å². The highest BCUT2D eigenvalue weighted by atomic mass is 35.5. The normalized spacial score (nSPS) is 27.3. The number of hydrogen-bond donors (Lipinski definition) is 0. The Morgan fingerprint density at radius 2 is 2.06 bits per heavy atom. The zero-order chi connectivity index (χ0) is 11.9. The summed E-state index contributed by atoms with van der Waals surface area (Å²) in [6.07, 6.45) is 0.421. The lowest BCUT2D eigenvalue weighted by Crippen LogP contribution is -2.48. The smallest absolute Gasteiger partial charge is 0.137 e. The third-order valence-corrected chi connectivity index (χ3v) is 3.84. The largest absolute Gasteiger partial charge is 0.495 e. The summed E-state index contributed by atoms with van der Waals surface area (Å²) in [6.45, 7) is 6.52. The van der Waals surface area contributed by atoms with Crippen molar-refractivity contribution in [3.8, 4) is 5.75 Å². The van der Waals surface area contributed by atoms with E-state index < -0.39 is 0 Å². The monoisotopic (exact) mass is 240 g/mol. The number of ether oxygens (including phenoxy) is 2. The van der Waals surface area contributed by atoms with Crippen molar-refractivity contribution in [2.75, 3.05) is 7.11 Å². The van der Waals surface area contributed by atoms with Gasteiger partial charge in [-0.25, -0.2) is 0 Å². The Balaban J connectivity index is 2.27. The van der Waals surface area contributed by atoms with Crippen LogP contribution in [0.3, 0.4) is 0 Å². The first-order valence-corrected chi connectivity index (χ1v) is 5.83. The van der Waals surface area contributed by atoms with Gasteiger partial charge in [0.2, 0.25) is 0 Å². The maximum absolute atomic E-state index is 6.10. The fourth-order valence-electron chi connectivity index (χ4n) is 2.05. The summed E-state index contributed by atoms with van der Waals surface area (Å²) in [4.78, 5) is 0. The predicted octanol–water partition coefficient (Wildman–Crippen LogP) is 3.83. The number of halogens is 1. The van der Waals surface area contributed by atoms with E-state index in [4.69, 9.17) is 21.1 Å². The molecule has 0 N–H and O–H groups in total. The van der Waals surface area contributed by atoms with Crippen LogP contribution in [0.15, 0.2) is 18.2 Å². The summed E-state index contributed by atoms with van der Waals surface area (Å²) < 4.78 is 10.9. The van der Waals surface area contributed by atoms with Gasteiger partial charge in [0, 0.05) is 5.41 Å². The molecule has 2 atom stereocenters. The standard InChI is InChI=1S/C13H17ClO2/c1-8-13(2,3)12(16-8)9-5-6-11(15-4)10(14)7-9/h5-8,12H,1-4H3. The summed E-state index contributed by atoms with van der Waals surface area (Å²) in [5.74, 6) is 0.704. The van der Waals surface area contributed by atoms with E-state index in [9.17, 15) is 0 Å². The Hall–Kier alpha value is -0.730. The van der Waals surface area contributed by atoms with Crippen LogP contribution < -0.4 is 4.74 Å². The van der Waals surface area contributed by atoms with Crippen LogP contribution in [0.25, 0.3) is 0 Å². The molecule has 3 heteroatoms. The van der Waals surface area contributed by atoms with Crippen LogP contribution in [0.5, 0.6) is 5.75 Å². The van der Waals surface area contributed by atoms with Crippen LogP contribution in [0.1, 0.15) is 32.4 Å². The molecule has 88 valence electrons. The minimum absolute atomic E-state index is 0.130. The molecule has 1 fully saturated rings. The fourth-order valence-corrected chi connectivity index (χ4v) is 2.32. The topological polar surface area (TPSA) is 18.5 Å². The molecule has 1 aliphatic rings. The van der Waals surface area contributed by atoms with Gasteiger partial charge in [0.05, 0.1) is 24.3 Å². The summed E-state index contributed by atoms with van der Waals surface area (Å²) in [5.41, 5.74) is 1.28. The van der Waals surface area contributed by atoms with Crippen LogP contribution in [0.4, 0.5) is 0 Å². The van der Waals surface area contributed by atoms with Crippen LogP contribution in [0.2, 0.25) is 5.02 Å². The van der Waals surface area contributed by atoms with E-state index in [1.54, 1.807) is 7.11 Å². The second kappa shape index (κ2) is 3.94. The van der Waals surface area contributed by atoms with Gasteiger partial charge in [-0.3, -0.25) is 0 Å². The molecule has 1 saturated heterocycles. The van der Waals surface area contributed by atoms with Crippen LogP contribution in [-0.4, -0.2) is 13.2 Å². The van der Waals surface area contributed by atoms with Crippen molar-refractivity contribution < 1.29 is 9.47 Å². The molecular weight excluding hydrogens is 224 g/mol. The quantitative estimate of drug-likeness (QED) is 0.782. The Morgan fingerprint density at radius 1 is 1.38 bits per heavy atom. The molecule has 1 heterocycles. The Kier molecular flexibility index (Phi) is 2.89. The molecule has 2 rings (SSSR count). The average molecular weight is 241 g/mol. The van der Waals surface area contributed by atoms with Gasteiger partial charge in [0.25, 0.3) is 0 Å². The van der Waals surface area contributed by atoms with Gasteiger partial charge in [0.1, 0.15) is 5.75 Å². The molecule has 2 unspecified atom stereocenters. The van der Waals surface area contributed by atoms with Crippen LogP contribution in [-0.2, 0) is 4.74 Å². The van der Waals surface area contributed by atoms with E-state index >= 15 is 0 Å².